The van der Waals surface area contributed by atoms with Gasteiger partial charge in [0.2, 0.25) is 5.91 Å². The standard InChI is InChI=1S/C11H17NO4/c1-6(2)9-11(4-13)8(14)7(3)10(15)12(11)5-16-9/h4,6-9,14H,5H2,1-3H3/t7-,8+,9-,11?/m0/s1. The van der Waals surface area contributed by atoms with E-state index in [1.54, 1.807) is 6.92 Å². The van der Waals surface area contributed by atoms with Crippen LogP contribution < -0.4 is 0 Å². The highest BCUT2D eigenvalue weighted by atomic mass is 16.5. The van der Waals surface area contributed by atoms with Crippen molar-refractivity contribution >= 4 is 12.2 Å². The number of amides is 1. The molecule has 2 saturated heterocycles. The second-order valence-corrected chi connectivity index (χ2v) is 4.97. The number of carbonyl (C=O) groups is 2. The molecule has 2 aliphatic rings. The van der Waals surface area contributed by atoms with Crippen LogP contribution >= 0.6 is 0 Å². The van der Waals surface area contributed by atoms with Gasteiger partial charge >= 0.3 is 0 Å². The molecule has 2 heterocycles. The van der Waals surface area contributed by atoms with Crippen molar-refractivity contribution in [3.05, 3.63) is 0 Å². The molecule has 16 heavy (non-hydrogen) atoms. The summed E-state index contributed by atoms with van der Waals surface area (Å²) < 4.78 is 5.48. The van der Waals surface area contributed by atoms with Gasteiger partial charge in [-0.15, -0.1) is 0 Å². The van der Waals surface area contributed by atoms with Crippen molar-refractivity contribution in [1.29, 1.82) is 0 Å². The fourth-order valence-corrected chi connectivity index (χ4v) is 2.84. The number of ether oxygens (including phenoxy) is 1. The van der Waals surface area contributed by atoms with E-state index in [4.69, 9.17) is 4.74 Å². The maximum atomic E-state index is 11.9. The summed E-state index contributed by atoms with van der Waals surface area (Å²) in [4.78, 5) is 24.6. The van der Waals surface area contributed by atoms with Crippen molar-refractivity contribution in [3.8, 4) is 0 Å². The normalized spacial score (nSPS) is 42.9. The van der Waals surface area contributed by atoms with Gasteiger partial charge in [-0.05, 0) is 5.92 Å². The summed E-state index contributed by atoms with van der Waals surface area (Å²) in [6.07, 6.45) is -0.724. The molecule has 0 aromatic rings. The maximum Gasteiger partial charge on any atom is 0.230 e. The molecule has 90 valence electrons. The SMILES string of the molecule is CC(C)[C@@H]1OCN2C(=O)[C@@H](C)[C@@H](O)C12C=O. The van der Waals surface area contributed by atoms with Gasteiger partial charge < -0.3 is 19.5 Å². The molecule has 5 nitrogen and oxygen atoms in total. The molecular formula is C11H17NO4. The minimum atomic E-state index is -1.18. The molecular weight excluding hydrogens is 210 g/mol. The van der Waals surface area contributed by atoms with E-state index in [1.165, 1.54) is 4.90 Å². The zero-order valence-electron chi connectivity index (χ0n) is 9.71. The molecule has 1 amide bonds. The molecule has 1 N–H and O–H groups in total. The third-order valence-corrected chi connectivity index (χ3v) is 3.70. The number of nitrogens with zero attached hydrogens (tertiary/aromatic N) is 1. The van der Waals surface area contributed by atoms with Gasteiger partial charge in [0.05, 0.1) is 18.1 Å². The van der Waals surface area contributed by atoms with Crippen molar-refractivity contribution in [3.63, 3.8) is 0 Å². The minimum absolute atomic E-state index is 0.0722. The van der Waals surface area contributed by atoms with Crippen LogP contribution in [-0.2, 0) is 14.3 Å². The number of fused-ring (bicyclic) bond motifs is 1. The van der Waals surface area contributed by atoms with Crippen LogP contribution in [0.25, 0.3) is 0 Å². The average molecular weight is 227 g/mol. The van der Waals surface area contributed by atoms with Gasteiger partial charge in [0.1, 0.15) is 6.73 Å². The van der Waals surface area contributed by atoms with Gasteiger partial charge in [0.15, 0.2) is 11.8 Å². The molecule has 2 rings (SSSR count). The second-order valence-electron chi connectivity index (χ2n) is 4.97. The molecule has 2 fully saturated rings. The van der Waals surface area contributed by atoms with Gasteiger partial charge in [0.25, 0.3) is 0 Å². The zero-order chi connectivity index (χ0) is 12.1. The van der Waals surface area contributed by atoms with E-state index in [0.717, 1.165) is 0 Å². The van der Waals surface area contributed by atoms with Crippen molar-refractivity contribution in [2.45, 2.75) is 38.5 Å². The van der Waals surface area contributed by atoms with Crippen molar-refractivity contribution in [2.24, 2.45) is 11.8 Å². The molecule has 4 atom stereocenters. The molecule has 0 aliphatic carbocycles. The highest BCUT2D eigenvalue weighted by molar-refractivity contribution is 5.90. The topological polar surface area (TPSA) is 66.8 Å². The Morgan fingerprint density at radius 2 is 2.25 bits per heavy atom. The second kappa shape index (κ2) is 3.53. The highest BCUT2D eigenvalue weighted by Gasteiger charge is 2.65. The first kappa shape index (κ1) is 11.5. The quantitative estimate of drug-likeness (QED) is 0.662. The largest absolute Gasteiger partial charge is 0.389 e. The third-order valence-electron chi connectivity index (χ3n) is 3.70. The lowest BCUT2D eigenvalue weighted by Gasteiger charge is -2.34. The fourth-order valence-electron chi connectivity index (χ4n) is 2.84. The Labute approximate surface area is 94.4 Å². The molecule has 1 unspecified atom stereocenters. The smallest absolute Gasteiger partial charge is 0.230 e. The maximum absolute atomic E-state index is 11.9. The van der Waals surface area contributed by atoms with Crippen LogP contribution in [0.3, 0.4) is 0 Å². The van der Waals surface area contributed by atoms with Gasteiger partial charge in [-0.3, -0.25) is 4.79 Å². The lowest BCUT2D eigenvalue weighted by molar-refractivity contribution is -0.135. The molecule has 0 saturated carbocycles. The van der Waals surface area contributed by atoms with Gasteiger partial charge in [0, 0.05) is 0 Å². The number of rotatable bonds is 2. The van der Waals surface area contributed by atoms with Crippen molar-refractivity contribution in [1.82, 2.24) is 4.90 Å². The highest BCUT2D eigenvalue weighted by Crippen LogP contribution is 2.43. The number of aliphatic hydroxyl groups excluding tert-OH is 1. The van der Waals surface area contributed by atoms with Crippen LogP contribution in [0.1, 0.15) is 20.8 Å². The number of aliphatic hydroxyl groups is 1. The van der Waals surface area contributed by atoms with Crippen molar-refractivity contribution in [2.75, 3.05) is 6.73 Å². The van der Waals surface area contributed by atoms with Crippen LogP contribution in [0.4, 0.5) is 0 Å². The predicted octanol–water partition coefficient (Wildman–Crippen LogP) is -0.224. The van der Waals surface area contributed by atoms with Crippen LogP contribution in [0.2, 0.25) is 0 Å². The van der Waals surface area contributed by atoms with Crippen LogP contribution in [0.15, 0.2) is 0 Å². The van der Waals surface area contributed by atoms with Gasteiger partial charge in [-0.1, -0.05) is 20.8 Å². The lowest BCUT2D eigenvalue weighted by atomic mass is 9.81. The Hall–Kier alpha value is -0.940. The number of hydrogen-bond acceptors (Lipinski definition) is 4. The molecule has 0 radical (unpaired) electrons. The Morgan fingerprint density at radius 3 is 2.75 bits per heavy atom. The summed E-state index contributed by atoms with van der Waals surface area (Å²) in [5, 5.41) is 10.1. The first-order valence-corrected chi connectivity index (χ1v) is 5.54. The van der Waals surface area contributed by atoms with E-state index < -0.39 is 23.7 Å². The lowest BCUT2D eigenvalue weighted by Crippen LogP contribution is -2.57. The Kier molecular flexibility index (Phi) is 2.55. The molecule has 5 heteroatoms. The van der Waals surface area contributed by atoms with Crippen molar-refractivity contribution < 1.29 is 19.4 Å². The zero-order valence-corrected chi connectivity index (χ0v) is 9.71. The Balaban J connectivity index is 2.46. The average Bonchev–Trinajstić information content (AvgIpc) is 2.72. The summed E-state index contributed by atoms with van der Waals surface area (Å²) in [6, 6.07) is 0. The molecule has 0 aromatic heterocycles. The monoisotopic (exact) mass is 227 g/mol. The summed E-state index contributed by atoms with van der Waals surface area (Å²) in [7, 11) is 0. The number of aldehydes is 1. The fraction of sp³-hybridized carbons (Fsp3) is 0.818. The summed E-state index contributed by atoms with van der Waals surface area (Å²) in [6.45, 7) is 5.58. The van der Waals surface area contributed by atoms with Gasteiger partial charge in [-0.25, -0.2) is 0 Å². The summed E-state index contributed by atoms with van der Waals surface area (Å²) in [5.41, 5.74) is -1.18. The third kappa shape index (κ3) is 1.13. The van der Waals surface area contributed by atoms with E-state index in [2.05, 4.69) is 0 Å². The van der Waals surface area contributed by atoms with E-state index in [9.17, 15) is 14.7 Å². The molecule has 0 bridgehead atoms. The summed E-state index contributed by atoms with van der Waals surface area (Å²) >= 11 is 0. The number of carbonyl (C=O) groups excluding carboxylic acids is 2. The number of hydrogen-bond donors (Lipinski definition) is 1. The van der Waals surface area contributed by atoms with Crippen LogP contribution in [0, 0.1) is 11.8 Å². The van der Waals surface area contributed by atoms with Gasteiger partial charge in [-0.2, -0.15) is 0 Å². The van der Waals surface area contributed by atoms with Crippen LogP contribution in [-0.4, -0.2) is 46.7 Å². The predicted molar refractivity (Wildman–Crippen MR) is 55.4 cm³/mol. The molecule has 2 aliphatic heterocycles. The first-order valence-electron chi connectivity index (χ1n) is 5.54. The molecule has 0 spiro atoms. The Morgan fingerprint density at radius 1 is 1.62 bits per heavy atom. The van der Waals surface area contributed by atoms with Crippen LogP contribution in [0.5, 0.6) is 0 Å². The van der Waals surface area contributed by atoms with E-state index in [-0.39, 0.29) is 18.6 Å². The Bertz CT molecular complexity index is 330. The molecule has 0 aromatic carbocycles. The first-order chi connectivity index (χ1) is 7.46. The minimum Gasteiger partial charge on any atom is -0.389 e. The van der Waals surface area contributed by atoms with E-state index >= 15 is 0 Å². The van der Waals surface area contributed by atoms with E-state index in [0.29, 0.717) is 6.29 Å². The summed E-state index contributed by atoms with van der Waals surface area (Å²) in [5.74, 6) is -0.666. The van der Waals surface area contributed by atoms with E-state index in [1.807, 2.05) is 13.8 Å².